The van der Waals surface area contributed by atoms with Gasteiger partial charge in [-0.3, -0.25) is 0 Å². The Balaban J connectivity index is 1.99. The molecule has 2 N–H and O–H groups in total. The molecule has 17 heavy (non-hydrogen) atoms. The van der Waals surface area contributed by atoms with Crippen molar-refractivity contribution in [3.05, 3.63) is 33.6 Å². The average Bonchev–Trinajstić information content (AvgIpc) is 2.88. The average molecular weight is 251 g/mol. The van der Waals surface area contributed by atoms with E-state index in [1.165, 1.54) is 4.88 Å². The van der Waals surface area contributed by atoms with E-state index in [0.29, 0.717) is 13.2 Å². The molecule has 0 saturated carbocycles. The Morgan fingerprint density at radius 2 is 2.35 bits per heavy atom. The molecule has 0 radical (unpaired) electrons. The first kappa shape index (κ1) is 12.1. The quantitative estimate of drug-likeness (QED) is 0.882. The van der Waals surface area contributed by atoms with E-state index in [1.807, 2.05) is 14.0 Å². The Labute approximate surface area is 105 Å². The molecule has 0 aliphatic heterocycles. The van der Waals surface area contributed by atoms with Crippen LogP contribution < -0.4 is 10.5 Å². The number of hydrogen-bond donors (Lipinski definition) is 1. The number of aromatic nitrogens is 2. The predicted octanol–water partition coefficient (Wildman–Crippen LogP) is 1.87. The van der Waals surface area contributed by atoms with Gasteiger partial charge in [-0.2, -0.15) is 5.10 Å². The summed E-state index contributed by atoms with van der Waals surface area (Å²) in [6.07, 6.45) is 0.923. The van der Waals surface area contributed by atoms with Crippen LogP contribution in [-0.2, 0) is 20.0 Å². The van der Waals surface area contributed by atoms with Crippen molar-refractivity contribution >= 4 is 11.3 Å². The zero-order chi connectivity index (χ0) is 12.3. The van der Waals surface area contributed by atoms with Crippen molar-refractivity contribution < 1.29 is 4.74 Å². The van der Waals surface area contributed by atoms with Gasteiger partial charge in [0.1, 0.15) is 0 Å². The first-order valence-electron chi connectivity index (χ1n) is 5.60. The van der Waals surface area contributed by atoms with Crippen molar-refractivity contribution in [3.63, 3.8) is 0 Å². The molecule has 92 valence electrons. The van der Waals surface area contributed by atoms with Crippen molar-refractivity contribution in [2.75, 3.05) is 6.61 Å². The van der Waals surface area contributed by atoms with E-state index in [2.05, 4.69) is 22.6 Å². The zero-order valence-electron chi connectivity index (χ0n) is 10.1. The van der Waals surface area contributed by atoms with Crippen LogP contribution in [0.2, 0.25) is 0 Å². The highest BCUT2D eigenvalue weighted by Gasteiger charge is 2.12. The topological polar surface area (TPSA) is 53.1 Å². The highest BCUT2D eigenvalue weighted by molar-refractivity contribution is 7.09. The van der Waals surface area contributed by atoms with Crippen molar-refractivity contribution in [1.82, 2.24) is 9.78 Å². The monoisotopic (exact) mass is 251 g/mol. The second-order valence-electron chi connectivity index (χ2n) is 3.87. The Morgan fingerprint density at radius 3 is 3.00 bits per heavy atom. The van der Waals surface area contributed by atoms with Crippen LogP contribution in [-0.4, -0.2) is 16.4 Å². The molecule has 0 spiro atoms. The Hall–Kier alpha value is -1.33. The molecule has 2 rings (SSSR count). The van der Waals surface area contributed by atoms with E-state index < -0.39 is 0 Å². The fraction of sp³-hybridized carbons (Fsp3) is 0.417. The molecule has 2 heterocycles. The lowest BCUT2D eigenvalue weighted by atomic mass is 10.2. The highest BCUT2D eigenvalue weighted by Crippen LogP contribution is 2.21. The lowest BCUT2D eigenvalue weighted by molar-refractivity contribution is 0.292. The maximum absolute atomic E-state index is 5.78. The molecule has 0 aromatic carbocycles. The van der Waals surface area contributed by atoms with Gasteiger partial charge in [0.2, 0.25) is 5.88 Å². The van der Waals surface area contributed by atoms with E-state index >= 15 is 0 Å². The molecule has 0 aliphatic carbocycles. The van der Waals surface area contributed by atoms with Gasteiger partial charge in [-0.25, -0.2) is 4.68 Å². The van der Waals surface area contributed by atoms with Crippen LogP contribution in [0.25, 0.3) is 0 Å². The third kappa shape index (κ3) is 2.68. The molecule has 0 bridgehead atoms. The van der Waals surface area contributed by atoms with Crippen LogP contribution >= 0.6 is 11.3 Å². The molecule has 2 aromatic rings. The highest BCUT2D eigenvalue weighted by atomic mass is 32.1. The van der Waals surface area contributed by atoms with Crippen LogP contribution in [0.15, 0.2) is 17.5 Å². The van der Waals surface area contributed by atoms with Crippen LogP contribution in [0.5, 0.6) is 5.88 Å². The number of rotatable bonds is 5. The summed E-state index contributed by atoms with van der Waals surface area (Å²) in [7, 11) is 1.88. The SMILES string of the molecule is Cc1nn(C)c(OCCc2cccs2)c1CN. The van der Waals surface area contributed by atoms with E-state index in [0.717, 1.165) is 23.6 Å². The molecule has 0 unspecified atom stereocenters. The first-order valence-corrected chi connectivity index (χ1v) is 6.48. The molecule has 0 saturated heterocycles. The van der Waals surface area contributed by atoms with Crippen LogP contribution in [0.3, 0.4) is 0 Å². The smallest absolute Gasteiger partial charge is 0.216 e. The standard InChI is InChI=1S/C12H17N3OS/c1-9-11(8-13)12(15(2)14-9)16-6-5-10-4-3-7-17-10/h3-4,7H,5-6,8,13H2,1-2H3. The summed E-state index contributed by atoms with van der Waals surface area (Å²) >= 11 is 1.75. The van der Waals surface area contributed by atoms with Gasteiger partial charge >= 0.3 is 0 Å². The number of ether oxygens (including phenoxy) is 1. The van der Waals surface area contributed by atoms with E-state index in [4.69, 9.17) is 10.5 Å². The number of thiophene rings is 1. The fourth-order valence-electron chi connectivity index (χ4n) is 1.80. The summed E-state index contributed by atoms with van der Waals surface area (Å²) in [6.45, 7) is 3.08. The van der Waals surface area contributed by atoms with Gasteiger partial charge in [-0.05, 0) is 18.4 Å². The van der Waals surface area contributed by atoms with Crippen LogP contribution in [0.1, 0.15) is 16.1 Å². The van der Waals surface area contributed by atoms with Gasteiger partial charge in [0.25, 0.3) is 0 Å². The molecule has 0 fully saturated rings. The van der Waals surface area contributed by atoms with E-state index in [-0.39, 0.29) is 0 Å². The molecular weight excluding hydrogens is 234 g/mol. The minimum absolute atomic E-state index is 0.466. The minimum Gasteiger partial charge on any atom is -0.477 e. The van der Waals surface area contributed by atoms with E-state index in [9.17, 15) is 0 Å². The zero-order valence-corrected chi connectivity index (χ0v) is 11.0. The van der Waals surface area contributed by atoms with Crippen molar-refractivity contribution in [2.45, 2.75) is 19.9 Å². The molecule has 5 heteroatoms. The second-order valence-corrected chi connectivity index (χ2v) is 4.91. The summed E-state index contributed by atoms with van der Waals surface area (Å²) < 4.78 is 7.54. The molecule has 4 nitrogen and oxygen atoms in total. The van der Waals surface area contributed by atoms with Gasteiger partial charge in [-0.1, -0.05) is 6.07 Å². The maximum Gasteiger partial charge on any atom is 0.216 e. The molecule has 2 aromatic heterocycles. The van der Waals surface area contributed by atoms with Crippen LogP contribution in [0.4, 0.5) is 0 Å². The lowest BCUT2D eigenvalue weighted by Gasteiger charge is -2.07. The summed E-state index contributed by atoms with van der Waals surface area (Å²) in [6, 6.07) is 4.17. The van der Waals surface area contributed by atoms with Gasteiger partial charge in [0.05, 0.1) is 17.9 Å². The Kier molecular flexibility index (Phi) is 3.81. The number of nitrogens with two attached hydrogens (primary N) is 1. The Bertz CT molecular complexity index is 476. The first-order chi connectivity index (χ1) is 8.22. The number of aryl methyl sites for hydroxylation is 2. The van der Waals surface area contributed by atoms with Gasteiger partial charge in [0.15, 0.2) is 0 Å². The molecule has 0 atom stereocenters. The molecular formula is C12H17N3OS. The normalized spacial score (nSPS) is 10.8. The van der Waals surface area contributed by atoms with E-state index in [1.54, 1.807) is 16.0 Å². The molecule has 0 aliphatic rings. The van der Waals surface area contributed by atoms with Gasteiger partial charge < -0.3 is 10.5 Å². The summed E-state index contributed by atoms with van der Waals surface area (Å²) in [4.78, 5) is 1.33. The Morgan fingerprint density at radius 1 is 1.53 bits per heavy atom. The number of nitrogens with zero attached hydrogens (tertiary/aromatic N) is 2. The van der Waals surface area contributed by atoms with Crippen molar-refractivity contribution in [1.29, 1.82) is 0 Å². The largest absolute Gasteiger partial charge is 0.477 e. The fourth-order valence-corrected chi connectivity index (χ4v) is 2.49. The maximum atomic E-state index is 5.78. The number of hydrogen-bond acceptors (Lipinski definition) is 4. The summed E-state index contributed by atoms with van der Waals surface area (Å²) in [5, 5.41) is 6.39. The van der Waals surface area contributed by atoms with Gasteiger partial charge in [0, 0.05) is 24.9 Å². The third-order valence-corrected chi connectivity index (χ3v) is 3.60. The second kappa shape index (κ2) is 5.33. The summed E-state index contributed by atoms with van der Waals surface area (Å²) in [5.41, 5.74) is 7.64. The van der Waals surface area contributed by atoms with Crippen molar-refractivity contribution in [2.24, 2.45) is 12.8 Å². The van der Waals surface area contributed by atoms with Crippen molar-refractivity contribution in [3.8, 4) is 5.88 Å². The van der Waals surface area contributed by atoms with Crippen LogP contribution in [0, 0.1) is 6.92 Å². The van der Waals surface area contributed by atoms with Gasteiger partial charge in [-0.15, -0.1) is 11.3 Å². The lowest BCUT2D eigenvalue weighted by Crippen LogP contribution is -2.07. The third-order valence-electron chi connectivity index (χ3n) is 2.66. The summed E-state index contributed by atoms with van der Waals surface area (Å²) in [5.74, 6) is 0.793. The minimum atomic E-state index is 0.466. The predicted molar refractivity (Wildman–Crippen MR) is 69.4 cm³/mol. The molecule has 0 amide bonds.